The lowest BCUT2D eigenvalue weighted by Gasteiger charge is -2.35. The molecular formula is C36H44ClN11O7S. The molecule has 0 spiro atoms. The number of aromatic nitrogens is 4. The van der Waals surface area contributed by atoms with Crippen LogP contribution in [-0.2, 0) is 40.9 Å². The Kier molecular flexibility index (Phi) is 11.7. The van der Waals surface area contributed by atoms with E-state index < -0.39 is 30.0 Å². The van der Waals surface area contributed by atoms with Gasteiger partial charge in [-0.2, -0.15) is 5.10 Å². The van der Waals surface area contributed by atoms with Gasteiger partial charge in [0.25, 0.3) is 5.91 Å². The van der Waals surface area contributed by atoms with E-state index in [9.17, 15) is 33.9 Å². The predicted octanol–water partition coefficient (Wildman–Crippen LogP) is 2.62. The second-order valence-electron chi connectivity index (χ2n) is 14.7. The molecule has 2 aliphatic heterocycles. The molecule has 7 rings (SSSR count). The van der Waals surface area contributed by atoms with Crippen LogP contribution in [0.1, 0.15) is 77.2 Å². The van der Waals surface area contributed by atoms with E-state index in [4.69, 9.17) is 16.6 Å². The van der Waals surface area contributed by atoms with Gasteiger partial charge >= 0.3 is 12.1 Å². The number of aryl methyl sites for hydroxylation is 1. The SMILES string of the molecule is Cn1ncc(-c2nc(N[C@H]3CC[C@H](N(CC(=O)NCCNC(=O)NCc4cc5c(s4)C(=O)N(C4CCC(=O)NC4=O)C5)C(=O)O)CC3)ncc2Cl)c1CC1CC1. The molecule has 56 heavy (non-hydrogen) atoms. The molecule has 1 saturated heterocycles. The molecule has 1 unspecified atom stereocenters. The maximum absolute atomic E-state index is 12.9. The number of urea groups is 1. The average Bonchev–Trinajstić information content (AvgIpc) is 3.68. The van der Waals surface area contributed by atoms with Gasteiger partial charge in [0.15, 0.2) is 0 Å². The first kappa shape index (κ1) is 39.0. The standard InChI is InChI=1S/C36H44ClN11O7S/c1-46-27(12-19-2-3-19)24(15-42-46)30-25(37)16-40-34(45-30)43-21-4-6-22(7-5-21)47(36(54)55)18-29(50)38-10-11-39-35(53)41-14-23-13-20-17-48(33(52)31(20)56-23)26-8-9-28(49)44-32(26)51/h13,15-16,19,21-22,26H,2-12,14,17-18H2,1H3,(H,38,50)(H,54,55)(H2,39,41,53)(H,40,43,45)(H,44,49,51)/t21-,22-,26?. The Balaban J connectivity index is 0.807. The van der Waals surface area contributed by atoms with Crippen LogP contribution in [0.25, 0.3) is 11.3 Å². The summed E-state index contributed by atoms with van der Waals surface area (Å²) in [5, 5.41) is 28.5. The van der Waals surface area contributed by atoms with Crippen molar-refractivity contribution in [3.05, 3.63) is 44.5 Å². The van der Waals surface area contributed by atoms with Crippen LogP contribution in [-0.4, -0.2) is 108 Å². The van der Waals surface area contributed by atoms with Gasteiger partial charge in [-0.15, -0.1) is 11.3 Å². The number of rotatable bonds is 14. The first-order valence-electron chi connectivity index (χ1n) is 18.8. The molecule has 6 N–H and O–H groups in total. The lowest BCUT2D eigenvalue weighted by Crippen LogP contribution is -2.52. The van der Waals surface area contributed by atoms with Gasteiger partial charge in [-0.25, -0.2) is 19.6 Å². The second kappa shape index (κ2) is 16.8. The van der Waals surface area contributed by atoms with E-state index in [1.807, 2.05) is 17.8 Å². The summed E-state index contributed by atoms with van der Waals surface area (Å²) in [5.74, 6) is -0.448. The highest BCUT2D eigenvalue weighted by atomic mass is 35.5. The van der Waals surface area contributed by atoms with Crippen LogP contribution >= 0.6 is 22.9 Å². The molecule has 0 aromatic carbocycles. The number of carboxylic acid groups (broad SMARTS) is 1. The molecule has 2 aliphatic carbocycles. The number of piperidine rings is 1. The Morgan fingerprint density at radius 3 is 2.52 bits per heavy atom. The Hall–Kier alpha value is -5.30. The highest BCUT2D eigenvalue weighted by Gasteiger charge is 2.40. The summed E-state index contributed by atoms with van der Waals surface area (Å²) >= 11 is 7.77. The van der Waals surface area contributed by atoms with Crippen LogP contribution in [0.15, 0.2) is 18.5 Å². The van der Waals surface area contributed by atoms with Gasteiger partial charge in [-0.3, -0.25) is 34.1 Å². The Morgan fingerprint density at radius 1 is 1.04 bits per heavy atom. The van der Waals surface area contributed by atoms with Crippen LogP contribution in [0.4, 0.5) is 15.5 Å². The van der Waals surface area contributed by atoms with Gasteiger partial charge < -0.3 is 31.3 Å². The minimum atomic E-state index is -1.18. The number of fused-ring (bicyclic) bond motifs is 1. The number of amides is 7. The highest BCUT2D eigenvalue weighted by molar-refractivity contribution is 7.14. The molecule has 298 valence electrons. The van der Waals surface area contributed by atoms with Crippen LogP contribution < -0.4 is 26.6 Å². The molecule has 20 heteroatoms. The topological polar surface area (TPSA) is 233 Å². The number of carbonyl (C=O) groups is 6. The summed E-state index contributed by atoms with van der Waals surface area (Å²) in [7, 11) is 1.92. The minimum absolute atomic E-state index is 0.0142. The largest absolute Gasteiger partial charge is 0.465 e. The molecule has 4 aliphatic rings. The molecule has 2 saturated carbocycles. The molecule has 3 aromatic rings. The third-order valence-corrected chi connectivity index (χ3v) is 12.1. The van der Waals surface area contributed by atoms with Gasteiger partial charge in [-0.05, 0) is 68.9 Å². The molecule has 0 bridgehead atoms. The molecular weight excluding hydrogens is 766 g/mol. The normalized spacial score (nSPS) is 20.6. The van der Waals surface area contributed by atoms with E-state index >= 15 is 0 Å². The number of carbonyl (C=O) groups excluding carboxylic acids is 5. The van der Waals surface area contributed by atoms with E-state index in [0.717, 1.165) is 28.1 Å². The summed E-state index contributed by atoms with van der Waals surface area (Å²) in [5.41, 5.74) is 3.39. The molecule has 7 amide bonds. The molecule has 5 heterocycles. The van der Waals surface area contributed by atoms with Crippen molar-refractivity contribution in [3.63, 3.8) is 0 Å². The molecule has 0 radical (unpaired) electrons. The van der Waals surface area contributed by atoms with Crippen molar-refractivity contribution < 1.29 is 33.9 Å². The zero-order valence-corrected chi connectivity index (χ0v) is 32.4. The fourth-order valence-corrected chi connectivity index (χ4v) is 8.76. The van der Waals surface area contributed by atoms with Crippen molar-refractivity contribution in [3.8, 4) is 11.3 Å². The van der Waals surface area contributed by atoms with Crippen LogP contribution in [0, 0.1) is 5.92 Å². The van der Waals surface area contributed by atoms with Crippen LogP contribution in [0.3, 0.4) is 0 Å². The quantitative estimate of drug-likeness (QED) is 0.102. The summed E-state index contributed by atoms with van der Waals surface area (Å²) in [6, 6.07) is 0.340. The van der Waals surface area contributed by atoms with Crippen LogP contribution in [0.2, 0.25) is 5.02 Å². The molecule has 3 aromatic heterocycles. The smallest absolute Gasteiger partial charge is 0.408 e. The number of anilines is 1. The average molecular weight is 810 g/mol. The van der Waals surface area contributed by atoms with Gasteiger partial charge in [0.2, 0.25) is 23.7 Å². The number of imide groups is 1. The van der Waals surface area contributed by atoms with Crippen molar-refractivity contribution in [2.45, 2.75) is 89.0 Å². The van der Waals surface area contributed by atoms with E-state index in [1.54, 1.807) is 12.4 Å². The van der Waals surface area contributed by atoms with Crippen molar-refractivity contribution in [1.29, 1.82) is 0 Å². The third kappa shape index (κ3) is 9.04. The third-order valence-electron chi connectivity index (χ3n) is 10.7. The van der Waals surface area contributed by atoms with Crippen molar-refractivity contribution in [1.82, 2.24) is 50.8 Å². The summed E-state index contributed by atoms with van der Waals surface area (Å²) < 4.78 is 1.87. The summed E-state index contributed by atoms with van der Waals surface area (Å²) in [6.45, 7) is 0.311. The summed E-state index contributed by atoms with van der Waals surface area (Å²) in [4.78, 5) is 87.0. The fraction of sp³-hybridized carbons (Fsp3) is 0.528. The maximum atomic E-state index is 12.9. The van der Waals surface area contributed by atoms with E-state index in [0.29, 0.717) is 53.1 Å². The number of nitrogens with one attached hydrogen (secondary N) is 5. The molecule has 18 nitrogen and oxygen atoms in total. The van der Waals surface area contributed by atoms with Crippen LogP contribution in [0.5, 0.6) is 0 Å². The minimum Gasteiger partial charge on any atom is -0.465 e. The monoisotopic (exact) mass is 809 g/mol. The zero-order valence-electron chi connectivity index (χ0n) is 30.8. The molecule has 1 atom stereocenters. The Labute approximate surface area is 331 Å². The maximum Gasteiger partial charge on any atom is 0.408 e. The first-order valence-corrected chi connectivity index (χ1v) is 20.0. The highest BCUT2D eigenvalue weighted by Crippen LogP contribution is 2.37. The fourth-order valence-electron chi connectivity index (χ4n) is 7.50. The number of hydrogen-bond donors (Lipinski definition) is 6. The zero-order chi connectivity index (χ0) is 39.5. The number of thiophene rings is 1. The van der Waals surface area contributed by atoms with E-state index in [1.165, 1.54) is 34.0 Å². The van der Waals surface area contributed by atoms with Gasteiger partial charge in [0.1, 0.15) is 12.6 Å². The van der Waals surface area contributed by atoms with E-state index in [2.05, 4.69) is 36.7 Å². The van der Waals surface area contributed by atoms with Crippen molar-refractivity contribution >= 4 is 64.6 Å². The Bertz CT molecular complexity index is 2030. The van der Waals surface area contributed by atoms with Crippen molar-refractivity contribution in [2.75, 3.05) is 25.0 Å². The summed E-state index contributed by atoms with van der Waals surface area (Å²) in [6.07, 6.45) is 8.42. The Morgan fingerprint density at radius 2 is 1.80 bits per heavy atom. The van der Waals surface area contributed by atoms with Crippen molar-refractivity contribution in [2.24, 2.45) is 13.0 Å². The lowest BCUT2D eigenvalue weighted by molar-refractivity contribution is -0.137. The number of nitrogens with zero attached hydrogens (tertiary/aromatic N) is 6. The molecule has 3 fully saturated rings. The second-order valence-corrected chi connectivity index (χ2v) is 16.2. The number of hydrogen-bond acceptors (Lipinski definition) is 11. The predicted molar refractivity (Wildman–Crippen MR) is 204 cm³/mol. The lowest BCUT2D eigenvalue weighted by atomic mass is 9.90. The number of halogens is 1. The van der Waals surface area contributed by atoms with Gasteiger partial charge in [0.05, 0.1) is 34.5 Å². The van der Waals surface area contributed by atoms with Gasteiger partial charge in [0, 0.05) is 61.3 Å². The van der Waals surface area contributed by atoms with E-state index in [-0.39, 0.29) is 69.5 Å². The van der Waals surface area contributed by atoms with Gasteiger partial charge in [-0.1, -0.05) is 11.6 Å². The first-order chi connectivity index (χ1) is 26.9.